The fourth-order valence-electron chi connectivity index (χ4n) is 2.25. The highest BCUT2D eigenvalue weighted by atomic mass is 16.7. The zero-order chi connectivity index (χ0) is 15.4. The van der Waals surface area contributed by atoms with Gasteiger partial charge in [0.05, 0.1) is 13.5 Å². The van der Waals surface area contributed by atoms with Crippen LogP contribution in [0.15, 0.2) is 42.5 Å². The van der Waals surface area contributed by atoms with Crippen LogP contribution in [0.5, 0.6) is 17.2 Å². The average molecular weight is 300 g/mol. The molecule has 5 nitrogen and oxygen atoms in total. The maximum atomic E-state index is 12.0. The smallest absolute Gasteiger partial charge is 0.310 e. The third-order valence-electron chi connectivity index (χ3n) is 3.37. The maximum Gasteiger partial charge on any atom is 0.310 e. The van der Waals surface area contributed by atoms with Crippen LogP contribution in [0.3, 0.4) is 0 Å². The third kappa shape index (κ3) is 3.14. The second-order valence-electron chi connectivity index (χ2n) is 4.84. The number of rotatable bonds is 5. The molecule has 1 aliphatic rings. The largest absolute Gasteiger partial charge is 0.496 e. The van der Waals surface area contributed by atoms with Crippen molar-refractivity contribution in [2.75, 3.05) is 13.9 Å². The lowest BCUT2D eigenvalue weighted by molar-refractivity contribution is -0.144. The van der Waals surface area contributed by atoms with E-state index in [4.69, 9.17) is 18.9 Å². The molecule has 2 aromatic carbocycles. The van der Waals surface area contributed by atoms with Gasteiger partial charge in [-0.15, -0.1) is 0 Å². The number of esters is 1. The molecule has 0 aromatic heterocycles. The molecule has 114 valence electrons. The van der Waals surface area contributed by atoms with Gasteiger partial charge in [0.1, 0.15) is 12.4 Å². The van der Waals surface area contributed by atoms with Gasteiger partial charge < -0.3 is 18.9 Å². The van der Waals surface area contributed by atoms with Gasteiger partial charge in [-0.25, -0.2) is 0 Å². The molecule has 1 aliphatic heterocycles. The zero-order valence-electron chi connectivity index (χ0n) is 12.2. The molecule has 0 saturated carbocycles. The number of carbonyl (C=O) groups is 1. The van der Waals surface area contributed by atoms with Crippen LogP contribution in [0.4, 0.5) is 0 Å². The van der Waals surface area contributed by atoms with Crippen LogP contribution in [-0.4, -0.2) is 19.9 Å². The summed E-state index contributed by atoms with van der Waals surface area (Å²) in [5, 5.41) is 0. The number of para-hydroxylation sites is 1. The summed E-state index contributed by atoms with van der Waals surface area (Å²) in [6.07, 6.45) is 0.186. The Morgan fingerprint density at radius 2 is 1.95 bits per heavy atom. The average Bonchev–Trinajstić information content (AvgIpc) is 3.01. The Balaban J connectivity index is 1.58. The van der Waals surface area contributed by atoms with Crippen molar-refractivity contribution in [2.24, 2.45) is 0 Å². The number of carbonyl (C=O) groups excluding carboxylic acids is 1. The molecule has 0 amide bonds. The number of hydrogen-bond donors (Lipinski definition) is 0. The molecule has 0 radical (unpaired) electrons. The second kappa shape index (κ2) is 6.39. The quantitative estimate of drug-likeness (QED) is 0.795. The van der Waals surface area contributed by atoms with Crippen molar-refractivity contribution < 1.29 is 23.7 Å². The molecular formula is C17H16O5. The fraction of sp³-hybridized carbons (Fsp3) is 0.235. The van der Waals surface area contributed by atoms with Gasteiger partial charge in [0, 0.05) is 5.56 Å². The minimum absolute atomic E-state index is 0.186. The lowest BCUT2D eigenvalue weighted by atomic mass is 10.1. The van der Waals surface area contributed by atoms with E-state index in [0.717, 1.165) is 11.1 Å². The van der Waals surface area contributed by atoms with Crippen molar-refractivity contribution in [3.05, 3.63) is 53.6 Å². The molecule has 0 bridgehead atoms. The number of ether oxygens (including phenoxy) is 4. The molecule has 0 N–H and O–H groups in total. The Morgan fingerprint density at radius 1 is 1.14 bits per heavy atom. The van der Waals surface area contributed by atoms with E-state index in [2.05, 4.69) is 0 Å². The molecule has 3 rings (SSSR count). The van der Waals surface area contributed by atoms with Crippen molar-refractivity contribution >= 4 is 5.97 Å². The number of benzene rings is 2. The zero-order valence-corrected chi connectivity index (χ0v) is 12.2. The molecule has 0 spiro atoms. The normalized spacial score (nSPS) is 12.0. The summed E-state index contributed by atoms with van der Waals surface area (Å²) in [5.41, 5.74) is 1.67. The summed E-state index contributed by atoms with van der Waals surface area (Å²) in [4.78, 5) is 12.0. The van der Waals surface area contributed by atoms with Crippen LogP contribution in [0.1, 0.15) is 11.1 Å². The van der Waals surface area contributed by atoms with E-state index < -0.39 is 0 Å². The summed E-state index contributed by atoms with van der Waals surface area (Å²) in [7, 11) is 1.59. The van der Waals surface area contributed by atoms with Crippen molar-refractivity contribution in [3.8, 4) is 17.2 Å². The van der Waals surface area contributed by atoms with Crippen molar-refractivity contribution in [1.82, 2.24) is 0 Å². The minimum atomic E-state index is -0.301. The van der Waals surface area contributed by atoms with Crippen LogP contribution in [0, 0.1) is 0 Å². The van der Waals surface area contributed by atoms with E-state index in [-0.39, 0.29) is 25.8 Å². The van der Waals surface area contributed by atoms with Gasteiger partial charge in [-0.2, -0.15) is 0 Å². The number of methoxy groups -OCH3 is 1. The highest BCUT2D eigenvalue weighted by Gasteiger charge is 2.15. The Labute approximate surface area is 128 Å². The van der Waals surface area contributed by atoms with Crippen molar-refractivity contribution in [1.29, 1.82) is 0 Å². The lowest BCUT2D eigenvalue weighted by Crippen LogP contribution is -2.08. The second-order valence-corrected chi connectivity index (χ2v) is 4.84. The van der Waals surface area contributed by atoms with Crippen LogP contribution in [0.2, 0.25) is 0 Å². The van der Waals surface area contributed by atoms with E-state index >= 15 is 0 Å². The van der Waals surface area contributed by atoms with E-state index in [9.17, 15) is 4.79 Å². The van der Waals surface area contributed by atoms with Gasteiger partial charge in [0.15, 0.2) is 11.5 Å². The summed E-state index contributed by atoms with van der Waals surface area (Å²) < 4.78 is 21.1. The molecule has 0 aliphatic carbocycles. The van der Waals surface area contributed by atoms with Gasteiger partial charge in [-0.1, -0.05) is 24.3 Å². The molecule has 1 heterocycles. The standard InChI is InChI=1S/C17H16O5/c1-19-14-5-3-2-4-13(14)10-20-17(18)9-12-6-7-15-16(8-12)22-11-21-15/h2-8H,9-11H2,1H3. The molecule has 0 saturated heterocycles. The van der Waals surface area contributed by atoms with E-state index in [1.54, 1.807) is 19.2 Å². The van der Waals surface area contributed by atoms with Crippen LogP contribution < -0.4 is 14.2 Å². The molecule has 0 unspecified atom stereocenters. The SMILES string of the molecule is COc1ccccc1COC(=O)Cc1ccc2c(c1)OCO2. The van der Waals surface area contributed by atoms with Gasteiger partial charge in [0.2, 0.25) is 6.79 Å². The first-order valence-electron chi connectivity index (χ1n) is 6.92. The number of hydrogen-bond acceptors (Lipinski definition) is 5. The monoisotopic (exact) mass is 300 g/mol. The molecule has 0 fully saturated rings. The topological polar surface area (TPSA) is 54.0 Å². The molecule has 22 heavy (non-hydrogen) atoms. The maximum absolute atomic E-state index is 12.0. The minimum Gasteiger partial charge on any atom is -0.496 e. The summed E-state index contributed by atoms with van der Waals surface area (Å²) in [6.45, 7) is 0.407. The fourth-order valence-corrected chi connectivity index (χ4v) is 2.25. The van der Waals surface area contributed by atoms with E-state index in [0.29, 0.717) is 17.2 Å². The predicted octanol–water partition coefficient (Wildman–Crippen LogP) is 2.71. The number of fused-ring (bicyclic) bond motifs is 1. The van der Waals surface area contributed by atoms with Gasteiger partial charge in [-0.05, 0) is 23.8 Å². The van der Waals surface area contributed by atoms with Crippen molar-refractivity contribution in [3.63, 3.8) is 0 Å². The summed E-state index contributed by atoms with van der Waals surface area (Å²) in [6, 6.07) is 12.9. The van der Waals surface area contributed by atoms with E-state index in [1.165, 1.54) is 0 Å². The lowest BCUT2D eigenvalue weighted by Gasteiger charge is -2.09. The molecule has 2 aromatic rings. The van der Waals surface area contributed by atoms with Gasteiger partial charge in [-0.3, -0.25) is 4.79 Å². The predicted molar refractivity (Wildman–Crippen MR) is 79.1 cm³/mol. The first kappa shape index (κ1) is 14.3. The summed E-state index contributed by atoms with van der Waals surface area (Å²) >= 11 is 0. The molecule has 5 heteroatoms. The Kier molecular flexibility index (Phi) is 4.14. The molecule has 0 atom stereocenters. The first-order chi connectivity index (χ1) is 10.8. The Morgan fingerprint density at radius 3 is 2.82 bits per heavy atom. The van der Waals surface area contributed by atoms with Gasteiger partial charge >= 0.3 is 5.97 Å². The van der Waals surface area contributed by atoms with Crippen LogP contribution >= 0.6 is 0 Å². The summed E-state index contributed by atoms with van der Waals surface area (Å²) in [5.74, 6) is 1.77. The Hall–Kier alpha value is -2.69. The molecular weight excluding hydrogens is 284 g/mol. The third-order valence-corrected chi connectivity index (χ3v) is 3.37. The highest BCUT2D eigenvalue weighted by molar-refractivity contribution is 5.73. The van der Waals surface area contributed by atoms with Crippen LogP contribution in [-0.2, 0) is 22.6 Å². The Bertz CT molecular complexity index is 680. The van der Waals surface area contributed by atoms with Crippen LogP contribution in [0.25, 0.3) is 0 Å². The van der Waals surface area contributed by atoms with E-state index in [1.807, 2.05) is 30.3 Å². The van der Waals surface area contributed by atoms with Gasteiger partial charge in [0.25, 0.3) is 0 Å². The highest BCUT2D eigenvalue weighted by Crippen LogP contribution is 2.32. The first-order valence-corrected chi connectivity index (χ1v) is 6.92. The van der Waals surface area contributed by atoms with Crippen molar-refractivity contribution in [2.45, 2.75) is 13.0 Å².